The second kappa shape index (κ2) is 6.38. The standard InChI is InChI=1S/C15H18FNO2/c1-3-17-14(10-12-5-4-8-19-12)11-6-7-13(16)15(9-11)18-2/h4-9,14,17H,3,10H2,1-2H3. The molecule has 2 rings (SSSR count). The van der Waals surface area contributed by atoms with Gasteiger partial charge in [0.1, 0.15) is 5.76 Å². The highest BCUT2D eigenvalue weighted by Crippen LogP contribution is 2.25. The van der Waals surface area contributed by atoms with Crippen molar-refractivity contribution in [3.63, 3.8) is 0 Å². The van der Waals surface area contributed by atoms with Gasteiger partial charge in [0, 0.05) is 12.5 Å². The van der Waals surface area contributed by atoms with Gasteiger partial charge in [-0.1, -0.05) is 13.0 Å². The van der Waals surface area contributed by atoms with Crippen LogP contribution in [-0.2, 0) is 6.42 Å². The molecule has 0 bridgehead atoms. The highest BCUT2D eigenvalue weighted by atomic mass is 19.1. The number of hydrogen-bond acceptors (Lipinski definition) is 3. The van der Waals surface area contributed by atoms with E-state index in [1.807, 2.05) is 19.1 Å². The van der Waals surface area contributed by atoms with Crippen molar-refractivity contribution < 1.29 is 13.5 Å². The summed E-state index contributed by atoms with van der Waals surface area (Å²) in [5, 5.41) is 3.37. The number of nitrogens with one attached hydrogen (secondary N) is 1. The third-order valence-corrected chi connectivity index (χ3v) is 3.01. The molecule has 4 heteroatoms. The first-order chi connectivity index (χ1) is 9.24. The van der Waals surface area contributed by atoms with E-state index in [1.165, 1.54) is 13.2 Å². The topological polar surface area (TPSA) is 34.4 Å². The van der Waals surface area contributed by atoms with Gasteiger partial charge in [-0.15, -0.1) is 0 Å². The lowest BCUT2D eigenvalue weighted by atomic mass is 10.0. The molecule has 1 N–H and O–H groups in total. The molecule has 2 aromatic rings. The fraction of sp³-hybridized carbons (Fsp3) is 0.333. The molecule has 1 unspecified atom stereocenters. The Labute approximate surface area is 112 Å². The van der Waals surface area contributed by atoms with Gasteiger partial charge in [-0.2, -0.15) is 0 Å². The molecule has 102 valence electrons. The Balaban J connectivity index is 2.22. The van der Waals surface area contributed by atoms with E-state index in [2.05, 4.69) is 5.32 Å². The summed E-state index contributed by atoms with van der Waals surface area (Å²) in [7, 11) is 1.47. The zero-order valence-corrected chi connectivity index (χ0v) is 11.2. The lowest BCUT2D eigenvalue weighted by molar-refractivity contribution is 0.384. The average Bonchev–Trinajstić information content (AvgIpc) is 2.92. The molecule has 1 aromatic heterocycles. The van der Waals surface area contributed by atoms with E-state index in [9.17, 15) is 4.39 Å². The number of ether oxygens (including phenoxy) is 1. The summed E-state index contributed by atoms with van der Waals surface area (Å²) in [5.41, 5.74) is 0.983. The number of methoxy groups -OCH3 is 1. The molecule has 0 spiro atoms. The minimum absolute atomic E-state index is 0.0747. The number of halogens is 1. The number of benzene rings is 1. The molecule has 0 aliphatic heterocycles. The zero-order valence-electron chi connectivity index (χ0n) is 11.2. The van der Waals surface area contributed by atoms with Gasteiger partial charge in [-0.3, -0.25) is 0 Å². The molecular formula is C15H18FNO2. The van der Waals surface area contributed by atoms with Gasteiger partial charge < -0.3 is 14.5 Å². The summed E-state index contributed by atoms with van der Waals surface area (Å²) in [6.45, 7) is 2.86. The molecule has 1 aromatic carbocycles. The van der Waals surface area contributed by atoms with Crippen LogP contribution in [0.3, 0.4) is 0 Å². The molecule has 0 saturated carbocycles. The van der Waals surface area contributed by atoms with Crippen LogP contribution < -0.4 is 10.1 Å². The molecule has 0 saturated heterocycles. The van der Waals surface area contributed by atoms with Crippen LogP contribution >= 0.6 is 0 Å². The lowest BCUT2D eigenvalue weighted by Gasteiger charge is -2.18. The minimum Gasteiger partial charge on any atom is -0.494 e. The maximum absolute atomic E-state index is 13.4. The number of rotatable bonds is 6. The molecule has 0 amide bonds. The number of likely N-dealkylation sites (N-methyl/N-ethyl adjacent to an activating group) is 1. The van der Waals surface area contributed by atoms with Crippen LogP contribution in [0.5, 0.6) is 5.75 Å². The van der Waals surface area contributed by atoms with Gasteiger partial charge in [-0.05, 0) is 36.4 Å². The van der Waals surface area contributed by atoms with Crippen LogP contribution in [0.25, 0.3) is 0 Å². The van der Waals surface area contributed by atoms with Gasteiger partial charge in [-0.25, -0.2) is 4.39 Å². The third-order valence-electron chi connectivity index (χ3n) is 3.01. The monoisotopic (exact) mass is 263 g/mol. The smallest absolute Gasteiger partial charge is 0.165 e. The second-order valence-corrected chi connectivity index (χ2v) is 4.29. The maximum Gasteiger partial charge on any atom is 0.165 e. The van der Waals surface area contributed by atoms with E-state index in [0.717, 1.165) is 24.3 Å². The number of hydrogen-bond donors (Lipinski definition) is 1. The van der Waals surface area contributed by atoms with Crippen molar-refractivity contribution >= 4 is 0 Å². The summed E-state index contributed by atoms with van der Waals surface area (Å²) < 4.78 is 23.8. The SMILES string of the molecule is CCNC(Cc1ccco1)c1ccc(F)c(OC)c1. The fourth-order valence-corrected chi connectivity index (χ4v) is 2.08. The zero-order chi connectivity index (χ0) is 13.7. The van der Waals surface area contributed by atoms with Crippen molar-refractivity contribution in [2.75, 3.05) is 13.7 Å². The summed E-state index contributed by atoms with van der Waals surface area (Å²) in [6, 6.07) is 8.81. The summed E-state index contributed by atoms with van der Waals surface area (Å²) in [6.07, 6.45) is 2.37. The number of furan rings is 1. The van der Waals surface area contributed by atoms with Crippen molar-refractivity contribution in [3.05, 3.63) is 53.7 Å². The summed E-state index contributed by atoms with van der Waals surface area (Å²) in [4.78, 5) is 0. The Bertz CT molecular complexity index is 511. The minimum atomic E-state index is -0.348. The first-order valence-corrected chi connectivity index (χ1v) is 6.33. The van der Waals surface area contributed by atoms with E-state index in [-0.39, 0.29) is 17.6 Å². The predicted octanol–water partition coefficient (Wildman–Crippen LogP) is 3.32. The van der Waals surface area contributed by atoms with Crippen LogP contribution in [0.4, 0.5) is 4.39 Å². The molecule has 0 aliphatic rings. The molecule has 0 aliphatic carbocycles. The Morgan fingerprint density at radius 3 is 2.84 bits per heavy atom. The summed E-state index contributed by atoms with van der Waals surface area (Å²) in [5.74, 6) is 0.814. The second-order valence-electron chi connectivity index (χ2n) is 4.29. The molecule has 0 fully saturated rings. The van der Waals surface area contributed by atoms with Crippen LogP contribution in [0, 0.1) is 5.82 Å². The largest absolute Gasteiger partial charge is 0.494 e. The third kappa shape index (κ3) is 3.35. The fourth-order valence-electron chi connectivity index (χ4n) is 2.08. The van der Waals surface area contributed by atoms with Gasteiger partial charge in [0.2, 0.25) is 0 Å². The van der Waals surface area contributed by atoms with E-state index in [0.29, 0.717) is 0 Å². The highest BCUT2D eigenvalue weighted by molar-refractivity contribution is 5.32. The van der Waals surface area contributed by atoms with E-state index in [4.69, 9.17) is 9.15 Å². The van der Waals surface area contributed by atoms with E-state index < -0.39 is 0 Å². The van der Waals surface area contributed by atoms with Crippen LogP contribution in [0.15, 0.2) is 41.0 Å². The van der Waals surface area contributed by atoms with E-state index >= 15 is 0 Å². The quantitative estimate of drug-likeness (QED) is 0.868. The Hall–Kier alpha value is -1.81. The van der Waals surface area contributed by atoms with Crippen LogP contribution in [-0.4, -0.2) is 13.7 Å². The molecule has 0 radical (unpaired) electrons. The van der Waals surface area contributed by atoms with Crippen molar-refractivity contribution in [2.24, 2.45) is 0 Å². The van der Waals surface area contributed by atoms with Gasteiger partial charge in [0.15, 0.2) is 11.6 Å². The van der Waals surface area contributed by atoms with E-state index in [1.54, 1.807) is 18.4 Å². The molecule has 3 nitrogen and oxygen atoms in total. The first kappa shape index (κ1) is 13.6. The Morgan fingerprint density at radius 1 is 1.37 bits per heavy atom. The first-order valence-electron chi connectivity index (χ1n) is 6.33. The summed E-state index contributed by atoms with van der Waals surface area (Å²) >= 11 is 0. The predicted molar refractivity (Wildman–Crippen MR) is 71.8 cm³/mol. The van der Waals surface area contributed by atoms with Crippen molar-refractivity contribution in [3.8, 4) is 5.75 Å². The Morgan fingerprint density at radius 2 is 2.21 bits per heavy atom. The van der Waals surface area contributed by atoms with Crippen molar-refractivity contribution in [1.29, 1.82) is 0 Å². The average molecular weight is 263 g/mol. The Kier molecular flexibility index (Phi) is 4.58. The van der Waals surface area contributed by atoms with Gasteiger partial charge >= 0.3 is 0 Å². The van der Waals surface area contributed by atoms with Crippen LogP contribution in [0.1, 0.15) is 24.3 Å². The van der Waals surface area contributed by atoms with Crippen molar-refractivity contribution in [2.45, 2.75) is 19.4 Å². The molecular weight excluding hydrogens is 245 g/mol. The van der Waals surface area contributed by atoms with Crippen LogP contribution in [0.2, 0.25) is 0 Å². The lowest BCUT2D eigenvalue weighted by Crippen LogP contribution is -2.22. The molecule has 19 heavy (non-hydrogen) atoms. The van der Waals surface area contributed by atoms with Gasteiger partial charge in [0.05, 0.1) is 13.4 Å². The van der Waals surface area contributed by atoms with Gasteiger partial charge in [0.25, 0.3) is 0 Å². The normalized spacial score (nSPS) is 12.4. The van der Waals surface area contributed by atoms with Crippen molar-refractivity contribution in [1.82, 2.24) is 5.32 Å². The highest BCUT2D eigenvalue weighted by Gasteiger charge is 2.15. The molecule has 1 atom stereocenters. The maximum atomic E-state index is 13.4. The molecule has 1 heterocycles.